The van der Waals surface area contributed by atoms with Crippen molar-refractivity contribution in [3.8, 4) is 0 Å². The molecule has 0 aliphatic carbocycles. The molecule has 0 aromatic carbocycles. The first kappa shape index (κ1) is 17.4. The molecule has 1 aliphatic rings. The summed E-state index contributed by atoms with van der Waals surface area (Å²) in [5, 5.41) is 10.7. The van der Waals surface area contributed by atoms with E-state index < -0.39 is 0 Å². The van der Waals surface area contributed by atoms with E-state index in [-0.39, 0.29) is 17.9 Å². The van der Waals surface area contributed by atoms with Crippen LogP contribution in [-0.4, -0.2) is 50.6 Å². The van der Waals surface area contributed by atoms with Gasteiger partial charge in [-0.3, -0.25) is 9.59 Å². The Kier molecular flexibility index (Phi) is 6.12. The standard InChI is InChI=1S/C16H27N5O2/c1-12(2)10-14(21-8-5-4-6-15(21)22)16(23)17-7-9-20-11-18-19-13(20)3/h11-12,14H,4-10H2,1-3H3,(H,17,23). The summed E-state index contributed by atoms with van der Waals surface area (Å²) in [5.74, 6) is 1.23. The molecule has 7 heteroatoms. The Balaban J connectivity index is 1.93. The summed E-state index contributed by atoms with van der Waals surface area (Å²) in [6.07, 6.45) is 4.82. The second-order valence-electron chi connectivity index (χ2n) is 6.55. The van der Waals surface area contributed by atoms with E-state index in [2.05, 4.69) is 29.4 Å². The zero-order valence-electron chi connectivity index (χ0n) is 14.3. The van der Waals surface area contributed by atoms with Crippen LogP contribution in [0.2, 0.25) is 0 Å². The number of aryl methyl sites for hydroxylation is 1. The summed E-state index contributed by atoms with van der Waals surface area (Å²) < 4.78 is 1.89. The number of hydrogen-bond donors (Lipinski definition) is 1. The topological polar surface area (TPSA) is 80.1 Å². The normalized spacial score (nSPS) is 16.7. The van der Waals surface area contributed by atoms with E-state index >= 15 is 0 Å². The van der Waals surface area contributed by atoms with Crippen molar-refractivity contribution >= 4 is 11.8 Å². The molecule has 2 heterocycles. The van der Waals surface area contributed by atoms with Crippen LogP contribution >= 0.6 is 0 Å². The van der Waals surface area contributed by atoms with Gasteiger partial charge in [-0.1, -0.05) is 13.8 Å². The first-order valence-corrected chi connectivity index (χ1v) is 8.40. The molecule has 1 unspecified atom stereocenters. The van der Waals surface area contributed by atoms with Gasteiger partial charge in [0.1, 0.15) is 18.2 Å². The van der Waals surface area contributed by atoms with Crippen LogP contribution in [0.1, 0.15) is 45.4 Å². The quantitative estimate of drug-likeness (QED) is 0.816. The highest BCUT2D eigenvalue weighted by atomic mass is 16.2. The van der Waals surface area contributed by atoms with Gasteiger partial charge in [0.05, 0.1) is 0 Å². The molecule has 1 saturated heterocycles. The molecule has 2 rings (SSSR count). The lowest BCUT2D eigenvalue weighted by Gasteiger charge is -2.34. The van der Waals surface area contributed by atoms with Crippen molar-refractivity contribution < 1.29 is 9.59 Å². The van der Waals surface area contributed by atoms with Crippen LogP contribution in [0.3, 0.4) is 0 Å². The molecule has 0 radical (unpaired) electrons. The molecule has 7 nitrogen and oxygen atoms in total. The van der Waals surface area contributed by atoms with Crippen molar-refractivity contribution in [2.75, 3.05) is 13.1 Å². The van der Waals surface area contributed by atoms with Gasteiger partial charge in [-0.2, -0.15) is 0 Å². The van der Waals surface area contributed by atoms with E-state index in [0.29, 0.717) is 38.4 Å². The van der Waals surface area contributed by atoms with Gasteiger partial charge in [0.2, 0.25) is 11.8 Å². The van der Waals surface area contributed by atoms with Crippen molar-refractivity contribution in [2.45, 2.75) is 59.0 Å². The lowest BCUT2D eigenvalue weighted by Crippen LogP contribution is -2.52. The lowest BCUT2D eigenvalue weighted by molar-refractivity contribution is -0.143. The first-order valence-electron chi connectivity index (χ1n) is 8.40. The maximum Gasteiger partial charge on any atom is 0.242 e. The molecule has 23 heavy (non-hydrogen) atoms. The Labute approximate surface area is 137 Å². The van der Waals surface area contributed by atoms with Gasteiger partial charge in [0.25, 0.3) is 0 Å². The van der Waals surface area contributed by atoms with Crippen LogP contribution in [0.5, 0.6) is 0 Å². The highest BCUT2D eigenvalue weighted by Gasteiger charge is 2.31. The summed E-state index contributed by atoms with van der Waals surface area (Å²) in [7, 11) is 0. The monoisotopic (exact) mass is 321 g/mol. The Morgan fingerprint density at radius 3 is 2.78 bits per heavy atom. The number of aromatic nitrogens is 3. The number of rotatable bonds is 7. The van der Waals surface area contributed by atoms with Crippen molar-refractivity contribution in [3.63, 3.8) is 0 Å². The number of carbonyl (C=O) groups is 2. The van der Waals surface area contributed by atoms with Gasteiger partial charge >= 0.3 is 0 Å². The average molecular weight is 321 g/mol. The third-order valence-corrected chi connectivity index (χ3v) is 4.19. The van der Waals surface area contributed by atoms with Gasteiger partial charge < -0.3 is 14.8 Å². The van der Waals surface area contributed by atoms with Gasteiger partial charge in [0.15, 0.2) is 0 Å². The number of piperidine rings is 1. The molecular weight excluding hydrogens is 294 g/mol. The number of carbonyl (C=O) groups excluding carboxylic acids is 2. The largest absolute Gasteiger partial charge is 0.353 e. The van der Waals surface area contributed by atoms with E-state index in [9.17, 15) is 9.59 Å². The van der Waals surface area contributed by atoms with Crippen LogP contribution in [0.25, 0.3) is 0 Å². The second-order valence-corrected chi connectivity index (χ2v) is 6.55. The van der Waals surface area contributed by atoms with Gasteiger partial charge in [0, 0.05) is 26.1 Å². The minimum atomic E-state index is -0.357. The Bertz CT molecular complexity index is 540. The minimum Gasteiger partial charge on any atom is -0.353 e. The third-order valence-electron chi connectivity index (χ3n) is 4.19. The molecule has 1 aliphatic heterocycles. The summed E-state index contributed by atoms with van der Waals surface area (Å²) in [6.45, 7) is 7.86. The smallest absolute Gasteiger partial charge is 0.242 e. The average Bonchev–Trinajstić information content (AvgIpc) is 2.91. The van der Waals surface area contributed by atoms with E-state index in [0.717, 1.165) is 18.7 Å². The number of nitrogens with one attached hydrogen (secondary N) is 1. The van der Waals surface area contributed by atoms with E-state index in [4.69, 9.17) is 0 Å². The van der Waals surface area contributed by atoms with Crippen molar-refractivity contribution in [1.82, 2.24) is 25.0 Å². The predicted octanol–water partition coefficient (Wildman–Crippen LogP) is 1.13. The van der Waals surface area contributed by atoms with Crippen LogP contribution in [0.15, 0.2) is 6.33 Å². The number of amides is 2. The molecule has 128 valence electrons. The molecule has 1 aromatic rings. The van der Waals surface area contributed by atoms with E-state index in [1.165, 1.54) is 0 Å². The SMILES string of the molecule is Cc1nncn1CCNC(=O)C(CC(C)C)N1CCCCC1=O. The number of hydrogen-bond acceptors (Lipinski definition) is 4. The van der Waals surface area contributed by atoms with Gasteiger partial charge in [-0.05, 0) is 32.1 Å². The molecule has 1 aromatic heterocycles. The van der Waals surface area contributed by atoms with Gasteiger partial charge in [-0.25, -0.2) is 0 Å². The third kappa shape index (κ3) is 4.77. The first-order chi connectivity index (χ1) is 11.0. The zero-order chi connectivity index (χ0) is 16.8. The fourth-order valence-electron chi connectivity index (χ4n) is 2.93. The maximum atomic E-state index is 12.6. The fraction of sp³-hybridized carbons (Fsp3) is 0.750. The highest BCUT2D eigenvalue weighted by Crippen LogP contribution is 2.19. The Hall–Kier alpha value is -1.92. The number of nitrogens with zero attached hydrogens (tertiary/aromatic N) is 4. The van der Waals surface area contributed by atoms with Gasteiger partial charge in [-0.15, -0.1) is 10.2 Å². The van der Waals surface area contributed by atoms with Crippen LogP contribution in [0, 0.1) is 12.8 Å². The van der Waals surface area contributed by atoms with Crippen molar-refractivity contribution in [1.29, 1.82) is 0 Å². The highest BCUT2D eigenvalue weighted by molar-refractivity contribution is 5.88. The molecule has 1 N–H and O–H groups in total. The van der Waals surface area contributed by atoms with Crippen molar-refractivity contribution in [2.24, 2.45) is 5.92 Å². The molecule has 0 spiro atoms. The predicted molar refractivity (Wildman–Crippen MR) is 86.6 cm³/mol. The van der Waals surface area contributed by atoms with E-state index in [1.54, 1.807) is 11.2 Å². The van der Waals surface area contributed by atoms with Crippen LogP contribution in [0.4, 0.5) is 0 Å². The van der Waals surface area contributed by atoms with E-state index in [1.807, 2.05) is 11.5 Å². The number of likely N-dealkylation sites (tertiary alicyclic amines) is 1. The molecule has 1 atom stereocenters. The lowest BCUT2D eigenvalue weighted by atomic mass is 9.98. The fourth-order valence-corrected chi connectivity index (χ4v) is 2.93. The second kappa shape index (κ2) is 8.08. The molecular formula is C16H27N5O2. The summed E-state index contributed by atoms with van der Waals surface area (Å²) in [4.78, 5) is 26.5. The Morgan fingerprint density at radius 2 is 2.17 bits per heavy atom. The zero-order valence-corrected chi connectivity index (χ0v) is 14.3. The molecule has 0 bridgehead atoms. The molecule has 1 fully saturated rings. The summed E-state index contributed by atoms with van der Waals surface area (Å²) >= 11 is 0. The maximum absolute atomic E-state index is 12.6. The van der Waals surface area contributed by atoms with Crippen molar-refractivity contribution in [3.05, 3.63) is 12.2 Å². The Morgan fingerprint density at radius 1 is 1.39 bits per heavy atom. The minimum absolute atomic E-state index is 0.0559. The molecule has 0 saturated carbocycles. The summed E-state index contributed by atoms with van der Waals surface area (Å²) in [6, 6.07) is -0.357. The van der Waals surface area contributed by atoms with Crippen LogP contribution < -0.4 is 5.32 Å². The summed E-state index contributed by atoms with van der Waals surface area (Å²) in [5.41, 5.74) is 0. The molecule has 2 amide bonds. The van der Waals surface area contributed by atoms with Crippen LogP contribution in [-0.2, 0) is 16.1 Å².